The summed E-state index contributed by atoms with van der Waals surface area (Å²) in [6.07, 6.45) is 0.557. The SMILES string of the molecule is O=C(O)CSc1nnc(Cc2ccccc2)n1-c1ccc(Cl)c(Cl)c1. The molecule has 5 nitrogen and oxygen atoms in total. The number of rotatable bonds is 6. The van der Waals surface area contributed by atoms with Gasteiger partial charge in [-0.05, 0) is 23.8 Å². The summed E-state index contributed by atoms with van der Waals surface area (Å²) < 4.78 is 1.81. The Morgan fingerprint density at radius 3 is 2.52 bits per heavy atom. The zero-order valence-electron chi connectivity index (χ0n) is 12.9. The first-order chi connectivity index (χ1) is 12.0. The van der Waals surface area contributed by atoms with Crippen molar-refractivity contribution in [3.8, 4) is 5.69 Å². The van der Waals surface area contributed by atoms with E-state index < -0.39 is 5.97 Å². The molecule has 0 saturated heterocycles. The van der Waals surface area contributed by atoms with Crippen molar-refractivity contribution < 1.29 is 9.90 Å². The first-order valence-electron chi connectivity index (χ1n) is 7.33. The zero-order valence-corrected chi connectivity index (χ0v) is 15.2. The van der Waals surface area contributed by atoms with Crippen LogP contribution in [0.3, 0.4) is 0 Å². The van der Waals surface area contributed by atoms with E-state index in [1.54, 1.807) is 18.2 Å². The second-order valence-corrected chi connectivity index (χ2v) is 6.93. The van der Waals surface area contributed by atoms with Crippen molar-refractivity contribution in [3.05, 3.63) is 70.0 Å². The van der Waals surface area contributed by atoms with Gasteiger partial charge in [0.2, 0.25) is 0 Å². The fourth-order valence-corrected chi connectivity index (χ4v) is 3.28. The average molecular weight is 394 g/mol. The van der Waals surface area contributed by atoms with Crippen molar-refractivity contribution in [2.75, 3.05) is 5.75 Å². The van der Waals surface area contributed by atoms with Gasteiger partial charge in [-0.15, -0.1) is 10.2 Å². The molecule has 0 aliphatic carbocycles. The number of halogens is 2. The van der Waals surface area contributed by atoms with E-state index in [2.05, 4.69) is 10.2 Å². The Kier molecular flexibility index (Phi) is 5.63. The van der Waals surface area contributed by atoms with E-state index in [0.717, 1.165) is 23.0 Å². The van der Waals surface area contributed by atoms with Crippen molar-refractivity contribution in [2.24, 2.45) is 0 Å². The molecule has 128 valence electrons. The Morgan fingerprint density at radius 2 is 1.84 bits per heavy atom. The number of carbonyl (C=O) groups is 1. The molecule has 3 aromatic rings. The number of benzene rings is 2. The lowest BCUT2D eigenvalue weighted by atomic mass is 10.1. The van der Waals surface area contributed by atoms with Crippen LogP contribution in [-0.4, -0.2) is 31.6 Å². The minimum atomic E-state index is -0.918. The van der Waals surface area contributed by atoms with Crippen LogP contribution < -0.4 is 0 Å². The number of hydrogen-bond donors (Lipinski definition) is 1. The molecule has 0 saturated carbocycles. The molecule has 0 atom stereocenters. The van der Waals surface area contributed by atoms with Gasteiger partial charge in [0.1, 0.15) is 5.82 Å². The summed E-state index contributed by atoms with van der Waals surface area (Å²) in [6.45, 7) is 0. The number of nitrogens with zero attached hydrogens (tertiary/aromatic N) is 3. The summed E-state index contributed by atoms with van der Waals surface area (Å²) in [4.78, 5) is 10.9. The third kappa shape index (κ3) is 4.34. The number of carboxylic acids is 1. The minimum Gasteiger partial charge on any atom is -0.481 e. The second-order valence-electron chi connectivity index (χ2n) is 5.18. The molecule has 0 fully saturated rings. The standard InChI is InChI=1S/C17H13Cl2N3O2S/c18-13-7-6-12(9-14(13)19)22-15(8-11-4-2-1-3-5-11)20-21-17(22)25-10-16(23)24/h1-7,9H,8,10H2,(H,23,24). The van der Waals surface area contributed by atoms with Crippen molar-refractivity contribution in [3.63, 3.8) is 0 Å². The van der Waals surface area contributed by atoms with Crippen molar-refractivity contribution >= 4 is 40.9 Å². The van der Waals surface area contributed by atoms with Crippen molar-refractivity contribution in [2.45, 2.75) is 11.6 Å². The van der Waals surface area contributed by atoms with Gasteiger partial charge in [-0.1, -0.05) is 65.3 Å². The molecule has 1 N–H and O–H groups in total. The Morgan fingerprint density at radius 1 is 1.08 bits per heavy atom. The van der Waals surface area contributed by atoms with Gasteiger partial charge < -0.3 is 5.11 Å². The predicted octanol–water partition coefficient (Wildman–Crippen LogP) is 4.34. The molecule has 1 heterocycles. The Balaban J connectivity index is 2.02. The summed E-state index contributed by atoms with van der Waals surface area (Å²) in [6, 6.07) is 15.1. The molecular weight excluding hydrogens is 381 g/mol. The highest BCUT2D eigenvalue weighted by molar-refractivity contribution is 7.99. The molecule has 0 aliphatic heterocycles. The Bertz CT molecular complexity index is 900. The van der Waals surface area contributed by atoms with E-state index in [1.807, 2.05) is 34.9 Å². The molecule has 0 spiro atoms. The summed E-state index contributed by atoms with van der Waals surface area (Å²) in [7, 11) is 0. The fourth-order valence-electron chi connectivity index (χ4n) is 2.30. The number of hydrogen-bond acceptors (Lipinski definition) is 4. The number of carboxylic acid groups (broad SMARTS) is 1. The summed E-state index contributed by atoms with van der Waals surface area (Å²) in [5.41, 5.74) is 1.81. The van der Waals surface area contributed by atoms with Crippen LogP contribution in [0, 0.1) is 0 Å². The van der Waals surface area contributed by atoms with E-state index in [0.29, 0.717) is 27.4 Å². The molecular formula is C17H13Cl2N3O2S. The zero-order chi connectivity index (χ0) is 17.8. The van der Waals surface area contributed by atoms with Crippen molar-refractivity contribution in [1.29, 1.82) is 0 Å². The van der Waals surface area contributed by atoms with E-state index in [4.69, 9.17) is 28.3 Å². The van der Waals surface area contributed by atoms with Gasteiger partial charge in [0.05, 0.1) is 21.5 Å². The van der Waals surface area contributed by atoms with Gasteiger partial charge in [0, 0.05) is 6.42 Å². The lowest BCUT2D eigenvalue weighted by molar-refractivity contribution is -0.133. The Hall–Kier alpha value is -2.02. The van der Waals surface area contributed by atoms with Gasteiger partial charge in [-0.3, -0.25) is 9.36 Å². The molecule has 3 rings (SSSR count). The number of aromatic nitrogens is 3. The number of aliphatic carboxylic acids is 1. The van der Waals surface area contributed by atoms with E-state index >= 15 is 0 Å². The largest absolute Gasteiger partial charge is 0.481 e. The highest BCUT2D eigenvalue weighted by Crippen LogP contribution is 2.28. The minimum absolute atomic E-state index is 0.106. The van der Waals surface area contributed by atoms with Gasteiger partial charge in [0.25, 0.3) is 0 Å². The topological polar surface area (TPSA) is 68.0 Å². The second kappa shape index (κ2) is 7.91. The monoisotopic (exact) mass is 393 g/mol. The van der Waals surface area contributed by atoms with Crippen LogP contribution >= 0.6 is 35.0 Å². The molecule has 0 unspecified atom stereocenters. The van der Waals surface area contributed by atoms with E-state index in [1.165, 1.54) is 0 Å². The van der Waals surface area contributed by atoms with Crippen LogP contribution in [0.15, 0.2) is 53.7 Å². The van der Waals surface area contributed by atoms with Gasteiger partial charge in [0.15, 0.2) is 5.16 Å². The highest BCUT2D eigenvalue weighted by atomic mass is 35.5. The Labute approximate surface area is 158 Å². The maximum absolute atomic E-state index is 10.9. The van der Waals surface area contributed by atoms with Gasteiger partial charge >= 0.3 is 5.97 Å². The maximum Gasteiger partial charge on any atom is 0.313 e. The first-order valence-corrected chi connectivity index (χ1v) is 9.07. The lowest BCUT2D eigenvalue weighted by Crippen LogP contribution is -2.05. The number of thioether (sulfide) groups is 1. The summed E-state index contributed by atoms with van der Waals surface area (Å²) in [5.74, 6) is -0.332. The molecule has 25 heavy (non-hydrogen) atoms. The van der Waals surface area contributed by atoms with E-state index in [-0.39, 0.29) is 5.75 Å². The lowest BCUT2D eigenvalue weighted by Gasteiger charge is -2.11. The molecule has 2 aromatic carbocycles. The van der Waals surface area contributed by atoms with Crippen molar-refractivity contribution in [1.82, 2.24) is 14.8 Å². The molecule has 0 bridgehead atoms. The molecule has 0 aliphatic rings. The predicted molar refractivity (Wildman–Crippen MR) is 99.0 cm³/mol. The van der Waals surface area contributed by atoms with Gasteiger partial charge in [-0.2, -0.15) is 0 Å². The normalized spacial score (nSPS) is 10.8. The van der Waals surface area contributed by atoms with Crippen LogP contribution in [0.4, 0.5) is 0 Å². The van der Waals surface area contributed by atoms with Crippen LogP contribution in [-0.2, 0) is 11.2 Å². The van der Waals surface area contributed by atoms with E-state index in [9.17, 15) is 4.79 Å². The third-order valence-electron chi connectivity index (χ3n) is 3.39. The van der Waals surface area contributed by atoms with Crippen LogP contribution in [0.1, 0.15) is 11.4 Å². The van der Waals surface area contributed by atoms with Crippen LogP contribution in [0.25, 0.3) is 5.69 Å². The van der Waals surface area contributed by atoms with Gasteiger partial charge in [-0.25, -0.2) is 0 Å². The smallest absolute Gasteiger partial charge is 0.313 e. The fraction of sp³-hybridized carbons (Fsp3) is 0.118. The molecule has 0 radical (unpaired) electrons. The molecule has 0 amide bonds. The average Bonchev–Trinajstić information content (AvgIpc) is 2.99. The molecule has 1 aromatic heterocycles. The first kappa shape index (κ1) is 17.8. The van der Waals surface area contributed by atoms with Crippen LogP contribution in [0.2, 0.25) is 10.0 Å². The van der Waals surface area contributed by atoms with Crippen LogP contribution in [0.5, 0.6) is 0 Å². The maximum atomic E-state index is 10.9. The summed E-state index contributed by atoms with van der Waals surface area (Å²) in [5, 5.41) is 18.7. The molecule has 8 heteroatoms. The quantitative estimate of drug-likeness (QED) is 0.630. The summed E-state index contributed by atoms with van der Waals surface area (Å²) >= 11 is 13.2. The highest BCUT2D eigenvalue weighted by Gasteiger charge is 2.17. The third-order valence-corrected chi connectivity index (χ3v) is 5.04.